The molecule has 0 amide bonds. The summed E-state index contributed by atoms with van der Waals surface area (Å²) in [4.78, 5) is 12.1. The van der Waals surface area contributed by atoms with Crippen molar-refractivity contribution in [1.29, 1.82) is 0 Å². The van der Waals surface area contributed by atoms with E-state index in [0.717, 1.165) is 11.3 Å². The molecule has 0 aliphatic rings. The fourth-order valence-corrected chi connectivity index (χ4v) is 2.01. The summed E-state index contributed by atoms with van der Waals surface area (Å²) in [7, 11) is 0. The van der Waals surface area contributed by atoms with Crippen LogP contribution >= 0.6 is 12.6 Å². The van der Waals surface area contributed by atoms with E-state index in [0.29, 0.717) is 6.42 Å². The van der Waals surface area contributed by atoms with Gasteiger partial charge in [-0.1, -0.05) is 55.0 Å². The molecule has 3 heteroatoms. The number of esters is 1. The number of carbonyl (C=O) groups is 1. The molecule has 0 N–H and O–H groups in total. The van der Waals surface area contributed by atoms with Gasteiger partial charge in [0.25, 0.3) is 0 Å². The molecular weight excluding hydrogens is 292 g/mol. The van der Waals surface area contributed by atoms with Crippen molar-refractivity contribution in [1.82, 2.24) is 0 Å². The van der Waals surface area contributed by atoms with Gasteiger partial charge in [0.1, 0.15) is 6.10 Å². The first-order chi connectivity index (χ1) is 10.5. The van der Waals surface area contributed by atoms with E-state index in [1.807, 2.05) is 37.3 Å². The number of aryl methyl sites for hydroxylation is 1. The van der Waals surface area contributed by atoms with E-state index >= 15 is 0 Å². The quantitative estimate of drug-likeness (QED) is 0.644. The average Bonchev–Trinajstić information content (AvgIpc) is 2.51. The zero-order chi connectivity index (χ0) is 16.4. The Morgan fingerprint density at radius 2 is 1.68 bits per heavy atom. The van der Waals surface area contributed by atoms with Gasteiger partial charge in [0, 0.05) is 17.7 Å². The lowest BCUT2D eigenvalue weighted by Crippen LogP contribution is -2.16. The Labute approximate surface area is 138 Å². The third-order valence-corrected chi connectivity index (χ3v) is 3.32. The minimum atomic E-state index is -0.130. The fraction of sp³-hybridized carbons (Fsp3) is 0.316. The summed E-state index contributed by atoms with van der Waals surface area (Å²) >= 11 is 4.08. The summed E-state index contributed by atoms with van der Waals surface area (Å²) in [6, 6.07) is 18.1. The van der Waals surface area contributed by atoms with Crippen molar-refractivity contribution < 1.29 is 9.53 Å². The van der Waals surface area contributed by atoms with Crippen LogP contribution in [0.4, 0.5) is 0 Å². The predicted octanol–water partition coefficient (Wildman–Crippen LogP) is 4.85. The van der Waals surface area contributed by atoms with Gasteiger partial charge in [-0.15, -0.1) is 12.6 Å². The van der Waals surface area contributed by atoms with Crippen LogP contribution in [0, 0.1) is 6.92 Å². The molecule has 2 rings (SSSR count). The molecule has 0 spiro atoms. The smallest absolute Gasteiger partial charge is 0.305 e. The summed E-state index contributed by atoms with van der Waals surface area (Å²) in [5.41, 5.74) is 2.45. The standard InChI is InChI=1S/C13H18O2.C6H6S/c1-4-13(14)15-11(3)9-12-7-5-10(2)6-8-12;7-6-4-2-1-3-5-6/h5-8,11H,4,9H2,1-3H3;1-5,7H. The molecule has 0 heterocycles. The third kappa shape index (κ3) is 7.89. The van der Waals surface area contributed by atoms with Gasteiger partial charge >= 0.3 is 5.97 Å². The summed E-state index contributed by atoms with van der Waals surface area (Å²) in [6.45, 7) is 5.79. The van der Waals surface area contributed by atoms with Crippen LogP contribution in [0.2, 0.25) is 0 Å². The predicted molar refractivity (Wildman–Crippen MR) is 94.4 cm³/mol. The minimum Gasteiger partial charge on any atom is -0.462 e. The highest BCUT2D eigenvalue weighted by atomic mass is 32.1. The van der Waals surface area contributed by atoms with Crippen LogP contribution in [0.25, 0.3) is 0 Å². The first-order valence-corrected chi connectivity index (χ1v) is 7.95. The van der Waals surface area contributed by atoms with E-state index in [4.69, 9.17) is 4.74 Å². The zero-order valence-corrected chi connectivity index (χ0v) is 14.3. The molecule has 0 saturated heterocycles. The molecule has 0 radical (unpaired) electrons. The molecular formula is C19H24O2S. The van der Waals surface area contributed by atoms with Crippen molar-refractivity contribution in [3.05, 3.63) is 65.7 Å². The molecule has 2 nitrogen and oxygen atoms in total. The van der Waals surface area contributed by atoms with Crippen molar-refractivity contribution >= 4 is 18.6 Å². The van der Waals surface area contributed by atoms with Gasteiger partial charge in [0.15, 0.2) is 0 Å². The van der Waals surface area contributed by atoms with Crippen LogP contribution in [0.15, 0.2) is 59.5 Å². The highest BCUT2D eigenvalue weighted by Gasteiger charge is 2.07. The minimum absolute atomic E-state index is 0.0415. The zero-order valence-electron chi connectivity index (χ0n) is 13.5. The molecule has 0 saturated carbocycles. The van der Waals surface area contributed by atoms with Crippen LogP contribution < -0.4 is 0 Å². The van der Waals surface area contributed by atoms with Crippen molar-refractivity contribution in [2.45, 2.75) is 44.6 Å². The molecule has 0 bridgehead atoms. The SMILES string of the molecule is CCC(=O)OC(C)Cc1ccc(C)cc1.Sc1ccccc1. The van der Waals surface area contributed by atoms with Gasteiger partial charge in [-0.3, -0.25) is 4.79 Å². The van der Waals surface area contributed by atoms with Gasteiger partial charge in [-0.05, 0) is 31.5 Å². The Morgan fingerprint density at radius 1 is 1.09 bits per heavy atom. The van der Waals surface area contributed by atoms with E-state index < -0.39 is 0 Å². The van der Waals surface area contributed by atoms with Crippen LogP contribution in [0.3, 0.4) is 0 Å². The molecule has 0 aliphatic carbocycles. The van der Waals surface area contributed by atoms with E-state index in [2.05, 4.69) is 43.8 Å². The summed E-state index contributed by atoms with van der Waals surface area (Å²) in [5.74, 6) is -0.130. The molecule has 0 aromatic heterocycles. The largest absolute Gasteiger partial charge is 0.462 e. The second-order valence-electron chi connectivity index (χ2n) is 5.18. The maximum atomic E-state index is 11.0. The van der Waals surface area contributed by atoms with Crippen molar-refractivity contribution in [2.75, 3.05) is 0 Å². The Balaban J connectivity index is 0.000000287. The summed E-state index contributed by atoms with van der Waals surface area (Å²) in [6.07, 6.45) is 1.18. The number of carbonyl (C=O) groups excluding carboxylic acids is 1. The van der Waals surface area contributed by atoms with Gasteiger partial charge in [-0.2, -0.15) is 0 Å². The van der Waals surface area contributed by atoms with Crippen molar-refractivity contribution in [2.24, 2.45) is 0 Å². The van der Waals surface area contributed by atoms with Gasteiger partial charge in [-0.25, -0.2) is 0 Å². The van der Waals surface area contributed by atoms with Crippen molar-refractivity contribution in [3.63, 3.8) is 0 Å². The Hall–Kier alpha value is -1.74. The first-order valence-electron chi connectivity index (χ1n) is 7.50. The summed E-state index contributed by atoms with van der Waals surface area (Å²) in [5, 5.41) is 0. The second-order valence-corrected chi connectivity index (χ2v) is 5.70. The van der Waals surface area contributed by atoms with Crippen LogP contribution in [0.5, 0.6) is 0 Å². The van der Waals surface area contributed by atoms with Gasteiger partial charge in [0.05, 0.1) is 0 Å². The number of hydrogen-bond acceptors (Lipinski definition) is 3. The fourth-order valence-electron chi connectivity index (χ4n) is 1.83. The normalized spacial score (nSPS) is 11.1. The Kier molecular flexibility index (Phi) is 8.38. The van der Waals surface area contributed by atoms with E-state index in [1.165, 1.54) is 11.1 Å². The maximum Gasteiger partial charge on any atom is 0.305 e. The molecule has 0 fully saturated rings. The molecule has 2 aromatic carbocycles. The molecule has 2 aromatic rings. The maximum absolute atomic E-state index is 11.0. The van der Waals surface area contributed by atoms with E-state index in [1.54, 1.807) is 6.92 Å². The number of ether oxygens (including phenoxy) is 1. The number of benzene rings is 2. The second kappa shape index (κ2) is 10.1. The molecule has 1 atom stereocenters. The molecule has 0 aliphatic heterocycles. The average molecular weight is 316 g/mol. The monoisotopic (exact) mass is 316 g/mol. The lowest BCUT2D eigenvalue weighted by atomic mass is 10.1. The number of thiol groups is 1. The third-order valence-electron chi connectivity index (χ3n) is 3.02. The van der Waals surface area contributed by atoms with Crippen LogP contribution in [-0.2, 0) is 16.0 Å². The van der Waals surface area contributed by atoms with Crippen LogP contribution in [0.1, 0.15) is 31.4 Å². The Morgan fingerprint density at radius 3 is 2.14 bits per heavy atom. The van der Waals surface area contributed by atoms with E-state index in [-0.39, 0.29) is 12.1 Å². The number of rotatable bonds is 4. The van der Waals surface area contributed by atoms with Crippen LogP contribution in [-0.4, -0.2) is 12.1 Å². The lowest BCUT2D eigenvalue weighted by molar-refractivity contribution is -0.147. The highest BCUT2D eigenvalue weighted by Crippen LogP contribution is 2.08. The first kappa shape index (κ1) is 18.3. The van der Waals surface area contributed by atoms with E-state index in [9.17, 15) is 4.79 Å². The Bertz CT molecular complexity index is 549. The van der Waals surface area contributed by atoms with Gasteiger partial charge in [0.2, 0.25) is 0 Å². The summed E-state index contributed by atoms with van der Waals surface area (Å²) < 4.78 is 5.19. The number of hydrogen-bond donors (Lipinski definition) is 1. The van der Waals surface area contributed by atoms with Crippen molar-refractivity contribution in [3.8, 4) is 0 Å². The molecule has 22 heavy (non-hydrogen) atoms. The topological polar surface area (TPSA) is 26.3 Å². The van der Waals surface area contributed by atoms with Gasteiger partial charge < -0.3 is 4.74 Å². The lowest BCUT2D eigenvalue weighted by Gasteiger charge is -2.12. The molecule has 1 unspecified atom stereocenters. The highest BCUT2D eigenvalue weighted by molar-refractivity contribution is 7.80. The molecule has 118 valence electrons.